The number of hydrogen-bond donors (Lipinski definition) is 1. The van der Waals surface area contributed by atoms with Crippen molar-refractivity contribution in [1.29, 1.82) is 0 Å². The molecule has 1 atom stereocenters. The smallest absolute Gasteiger partial charge is 0.220 e. The normalized spacial score (nSPS) is 23.8. The van der Waals surface area contributed by atoms with Gasteiger partial charge in [0.2, 0.25) is 5.91 Å². The summed E-state index contributed by atoms with van der Waals surface area (Å²) in [6.45, 7) is 5.11. The Morgan fingerprint density at radius 2 is 2.29 bits per heavy atom. The maximum Gasteiger partial charge on any atom is 0.220 e. The number of hydrogen-bond acceptors (Lipinski definition) is 4. The molecule has 3 rings (SSSR count). The second kappa shape index (κ2) is 4.10. The molecule has 1 aromatic rings. The van der Waals surface area contributed by atoms with Crippen LogP contribution in [0.1, 0.15) is 37.5 Å². The molecule has 0 spiro atoms. The number of carbonyl (C=O) groups excluding carboxylic acids is 1. The van der Waals surface area contributed by atoms with Gasteiger partial charge in [-0.1, -0.05) is 0 Å². The SMILES string of the molecule is CC(=O)N1CCCC1c1nnc2n1CCNC2. The van der Waals surface area contributed by atoms with Gasteiger partial charge in [0.1, 0.15) is 5.82 Å². The fourth-order valence-electron chi connectivity index (χ4n) is 2.77. The van der Waals surface area contributed by atoms with E-state index >= 15 is 0 Å². The number of aromatic nitrogens is 3. The highest BCUT2D eigenvalue weighted by molar-refractivity contribution is 5.74. The van der Waals surface area contributed by atoms with Crippen LogP contribution in [0.3, 0.4) is 0 Å². The minimum absolute atomic E-state index is 0.131. The number of nitrogens with zero attached hydrogens (tertiary/aromatic N) is 4. The van der Waals surface area contributed by atoms with Crippen molar-refractivity contribution in [2.75, 3.05) is 13.1 Å². The molecule has 1 amide bonds. The summed E-state index contributed by atoms with van der Waals surface area (Å²) in [6.07, 6.45) is 2.07. The Bertz CT molecular complexity index is 441. The molecule has 0 saturated carbocycles. The zero-order valence-electron chi connectivity index (χ0n) is 10.0. The summed E-state index contributed by atoms with van der Waals surface area (Å²) in [6, 6.07) is 0.131. The predicted octanol–water partition coefficient (Wildman–Crippen LogP) is 0.0647. The van der Waals surface area contributed by atoms with Crippen LogP contribution in [0.15, 0.2) is 0 Å². The molecule has 2 aliphatic rings. The Kier molecular flexibility index (Phi) is 2.58. The van der Waals surface area contributed by atoms with E-state index in [-0.39, 0.29) is 11.9 Å². The molecule has 1 fully saturated rings. The van der Waals surface area contributed by atoms with E-state index in [2.05, 4.69) is 20.1 Å². The molecule has 0 aliphatic carbocycles. The third-order valence-corrected chi connectivity index (χ3v) is 3.61. The van der Waals surface area contributed by atoms with Gasteiger partial charge in [0, 0.05) is 26.6 Å². The second-order valence-electron chi connectivity index (χ2n) is 4.67. The van der Waals surface area contributed by atoms with Gasteiger partial charge in [-0.15, -0.1) is 10.2 Å². The van der Waals surface area contributed by atoms with Crippen molar-refractivity contribution in [2.45, 2.75) is 38.9 Å². The Morgan fingerprint density at radius 1 is 1.41 bits per heavy atom. The topological polar surface area (TPSA) is 63.1 Å². The zero-order chi connectivity index (χ0) is 11.8. The van der Waals surface area contributed by atoms with Crippen molar-refractivity contribution >= 4 is 5.91 Å². The van der Waals surface area contributed by atoms with Crippen LogP contribution in [0, 0.1) is 0 Å². The third kappa shape index (κ3) is 1.72. The number of nitrogens with one attached hydrogen (secondary N) is 1. The van der Waals surface area contributed by atoms with Crippen LogP contribution >= 0.6 is 0 Å². The van der Waals surface area contributed by atoms with E-state index in [9.17, 15) is 4.79 Å². The van der Waals surface area contributed by atoms with Gasteiger partial charge in [0.15, 0.2) is 5.82 Å². The Morgan fingerprint density at radius 3 is 3.12 bits per heavy atom. The average molecular weight is 235 g/mol. The highest BCUT2D eigenvalue weighted by atomic mass is 16.2. The lowest BCUT2D eigenvalue weighted by molar-refractivity contribution is -0.129. The summed E-state index contributed by atoms with van der Waals surface area (Å²) in [5.41, 5.74) is 0. The van der Waals surface area contributed by atoms with E-state index in [0.717, 1.165) is 50.7 Å². The van der Waals surface area contributed by atoms with Gasteiger partial charge in [-0.2, -0.15) is 0 Å². The van der Waals surface area contributed by atoms with Crippen molar-refractivity contribution in [3.8, 4) is 0 Å². The minimum Gasteiger partial charge on any atom is -0.333 e. The van der Waals surface area contributed by atoms with Gasteiger partial charge in [0.25, 0.3) is 0 Å². The van der Waals surface area contributed by atoms with Gasteiger partial charge in [0.05, 0.1) is 12.6 Å². The molecule has 1 saturated heterocycles. The van der Waals surface area contributed by atoms with Crippen LogP contribution in [-0.2, 0) is 17.9 Å². The third-order valence-electron chi connectivity index (χ3n) is 3.61. The van der Waals surface area contributed by atoms with Crippen molar-refractivity contribution in [1.82, 2.24) is 25.0 Å². The molecule has 0 bridgehead atoms. The Hall–Kier alpha value is -1.43. The predicted molar refractivity (Wildman–Crippen MR) is 61.1 cm³/mol. The first-order valence-electron chi connectivity index (χ1n) is 6.17. The molecular weight excluding hydrogens is 218 g/mol. The summed E-state index contributed by atoms with van der Waals surface area (Å²) in [7, 11) is 0. The highest BCUT2D eigenvalue weighted by Gasteiger charge is 2.32. The largest absolute Gasteiger partial charge is 0.333 e. The maximum atomic E-state index is 11.6. The lowest BCUT2D eigenvalue weighted by atomic mass is 10.2. The number of fused-ring (bicyclic) bond motifs is 1. The Labute approximate surface area is 100 Å². The average Bonchev–Trinajstić information content (AvgIpc) is 2.94. The fourth-order valence-corrected chi connectivity index (χ4v) is 2.77. The summed E-state index contributed by atoms with van der Waals surface area (Å²) >= 11 is 0. The summed E-state index contributed by atoms with van der Waals surface area (Å²) < 4.78 is 2.17. The van der Waals surface area contributed by atoms with Crippen molar-refractivity contribution < 1.29 is 4.79 Å². The number of carbonyl (C=O) groups is 1. The molecule has 92 valence electrons. The molecule has 1 N–H and O–H groups in total. The van der Waals surface area contributed by atoms with Gasteiger partial charge in [-0.3, -0.25) is 4.79 Å². The molecular formula is C11H17N5O. The van der Waals surface area contributed by atoms with E-state index < -0.39 is 0 Å². The van der Waals surface area contributed by atoms with Crippen molar-refractivity contribution in [3.63, 3.8) is 0 Å². The van der Waals surface area contributed by atoms with Gasteiger partial charge in [-0.05, 0) is 12.8 Å². The first-order chi connectivity index (χ1) is 8.27. The monoisotopic (exact) mass is 235 g/mol. The molecule has 17 heavy (non-hydrogen) atoms. The molecule has 1 unspecified atom stereocenters. The van der Waals surface area contributed by atoms with Crippen LogP contribution in [-0.4, -0.2) is 38.7 Å². The van der Waals surface area contributed by atoms with Crippen LogP contribution in [0.5, 0.6) is 0 Å². The molecule has 0 radical (unpaired) electrons. The summed E-state index contributed by atoms with van der Waals surface area (Å²) in [5, 5.41) is 11.8. The van der Waals surface area contributed by atoms with Crippen molar-refractivity contribution in [3.05, 3.63) is 11.6 Å². The van der Waals surface area contributed by atoms with E-state index in [1.54, 1.807) is 6.92 Å². The second-order valence-corrected chi connectivity index (χ2v) is 4.67. The zero-order valence-corrected chi connectivity index (χ0v) is 10.0. The van der Waals surface area contributed by atoms with E-state index in [4.69, 9.17) is 0 Å². The first-order valence-corrected chi connectivity index (χ1v) is 6.17. The Balaban J connectivity index is 1.93. The van der Waals surface area contributed by atoms with Crippen molar-refractivity contribution in [2.24, 2.45) is 0 Å². The highest BCUT2D eigenvalue weighted by Crippen LogP contribution is 2.31. The minimum atomic E-state index is 0.131. The first kappa shape index (κ1) is 10.7. The number of likely N-dealkylation sites (tertiary alicyclic amines) is 1. The fraction of sp³-hybridized carbons (Fsp3) is 0.727. The summed E-state index contributed by atoms with van der Waals surface area (Å²) in [4.78, 5) is 13.5. The van der Waals surface area contributed by atoms with Crippen LogP contribution in [0.25, 0.3) is 0 Å². The van der Waals surface area contributed by atoms with E-state index in [1.165, 1.54) is 0 Å². The molecule has 6 heteroatoms. The lowest BCUT2D eigenvalue weighted by Gasteiger charge is -2.24. The quantitative estimate of drug-likeness (QED) is 0.748. The molecule has 0 aromatic carbocycles. The molecule has 2 aliphatic heterocycles. The van der Waals surface area contributed by atoms with Crippen LogP contribution < -0.4 is 5.32 Å². The summed E-state index contributed by atoms with van der Waals surface area (Å²) in [5.74, 6) is 2.09. The number of rotatable bonds is 1. The molecule has 1 aromatic heterocycles. The number of amides is 1. The lowest BCUT2D eigenvalue weighted by Crippen LogP contribution is -2.33. The van der Waals surface area contributed by atoms with Crippen LogP contribution in [0.4, 0.5) is 0 Å². The van der Waals surface area contributed by atoms with Gasteiger partial charge >= 0.3 is 0 Å². The van der Waals surface area contributed by atoms with Gasteiger partial charge in [-0.25, -0.2) is 0 Å². The van der Waals surface area contributed by atoms with E-state index in [1.807, 2.05) is 4.90 Å². The van der Waals surface area contributed by atoms with Gasteiger partial charge < -0.3 is 14.8 Å². The molecule has 3 heterocycles. The van der Waals surface area contributed by atoms with E-state index in [0.29, 0.717) is 0 Å². The molecule has 6 nitrogen and oxygen atoms in total. The maximum absolute atomic E-state index is 11.6. The standard InChI is InChI=1S/C11H17N5O/c1-8(17)15-5-2-3-9(15)11-14-13-10-7-12-4-6-16(10)11/h9,12H,2-7H2,1H3. The van der Waals surface area contributed by atoms with Crippen LogP contribution in [0.2, 0.25) is 0 Å².